The van der Waals surface area contributed by atoms with Gasteiger partial charge in [-0.25, -0.2) is 9.73 Å². The summed E-state index contributed by atoms with van der Waals surface area (Å²) >= 11 is 5.93. The summed E-state index contributed by atoms with van der Waals surface area (Å²) < 4.78 is 1.45. The highest BCUT2D eigenvalue weighted by molar-refractivity contribution is 6.31. The predicted molar refractivity (Wildman–Crippen MR) is 101 cm³/mol. The number of aromatic amines is 1. The van der Waals surface area contributed by atoms with Gasteiger partial charge in [-0.1, -0.05) is 11.6 Å². The summed E-state index contributed by atoms with van der Waals surface area (Å²) in [5.74, 6) is -0.605. The molecule has 4 rings (SSSR count). The number of ketones is 1. The number of Topliss-reactive ketones (excluding diaryl/α,β-unsaturated/α-hetero) is 1. The Morgan fingerprint density at radius 2 is 1.89 bits per heavy atom. The molecular weight excluding hydrogens is 370 g/mol. The van der Waals surface area contributed by atoms with Crippen molar-refractivity contribution in [3.8, 4) is 0 Å². The number of aromatic nitrogens is 4. The molecular formula is C18H12ClN5O3. The lowest BCUT2D eigenvalue weighted by atomic mass is 10.1. The normalized spacial score (nSPS) is 11.0. The molecule has 2 heterocycles. The summed E-state index contributed by atoms with van der Waals surface area (Å²) in [7, 11) is 0. The van der Waals surface area contributed by atoms with Crippen LogP contribution in [0.25, 0.3) is 16.6 Å². The van der Waals surface area contributed by atoms with Crippen molar-refractivity contribution in [1.29, 1.82) is 0 Å². The van der Waals surface area contributed by atoms with Gasteiger partial charge < -0.3 is 5.32 Å². The fourth-order valence-corrected chi connectivity index (χ4v) is 2.91. The van der Waals surface area contributed by atoms with E-state index in [0.717, 1.165) is 0 Å². The second kappa shape index (κ2) is 6.33. The molecule has 2 N–H and O–H groups in total. The van der Waals surface area contributed by atoms with Crippen LogP contribution in [-0.4, -0.2) is 31.5 Å². The summed E-state index contributed by atoms with van der Waals surface area (Å²) in [6.07, 6.45) is 0. The average Bonchev–Trinajstić information content (AvgIpc) is 3.06. The highest BCUT2D eigenvalue weighted by Gasteiger charge is 2.18. The maximum atomic E-state index is 12.6. The van der Waals surface area contributed by atoms with Gasteiger partial charge in [0.25, 0.3) is 11.5 Å². The highest BCUT2D eigenvalue weighted by Crippen LogP contribution is 2.18. The van der Waals surface area contributed by atoms with Crippen molar-refractivity contribution in [3.05, 3.63) is 69.1 Å². The van der Waals surface area contributed by atoms with Gasteiger partial charge >= 0.3 is 0 Å². The van der Waals surface area contributed by atoms with Crippen LogP contribution in [-0.2, 0) is 0 Å². The maximum Gasteiger partial charge on any atom is 0.281 e. The van der Waals surface area contributed by atoms with Crippen molar-refractivity contribution in [2.24, 2.45) is 0 Å². The number of amides is 1. The van der Waals surface area contributed by atoms with E-state index >= 15 is 0 Å². The smallest absolute Gasteiger partial charge is 0.281 e. The molecule has 4 aromatic rings. The Labute approximate surface area is 156 Å². The highest BCUT2D eigenvalue weighted by atomic mass is 35.5. The molecule has 2 aromatic carbocycles. The zero-order valence-electron chi connectivity index (χ0n) is 14.0. The summed E-state index contributed by atoms with van der Waals surface area (Å²) in [6.45, 7) is 1.46. The van der Waals surface area contributed by atoms with E-state index in [0.29, 0.717) is 27.2 Å². The van der Waals surface area contributed by atoms with E-state index < -0.39 is 11.5 Å². The van der Waals surface area contributed by atoms with Gasteiger partial charge in [-0.2, -0.15) is 4.98 Å². The predicted octanol–water partition coefficient (Wildman–Crippen LogP) is 2.68. The SMILES string of the molecule is CC(=O)c1ccc(NC(=O)c2n[nH]n3c2nc(=O)c2cc(Cl)ccc23)cc1. The molecule has 0 atom stereocenters. The van der Waals surface area contributed by atoms with Crippen molar-refractivity contribution >= 4 is 45.5 Å². The van der Waals surface area contributed by atoms with E-state index in [-0.39, 0.29) is 17.1 Å². The molecule has 8 nitrogen and oxygen atoms in total. The molecule has 0 bridgehead atoms. The number of nitrogens with zero attached hydrogens (tertiary/aromatic N) is 3. The van der Waals surface area contributed by atoms with Crippen LogP contribution >= 0.6 is 11.6 Å². The first-order chi connectivity index (χ1) is 12.9. The number of anilines is 1. The molecule has 0 fully saturated rings. The number of hydrogen-bond acceptors (Lipinski definition) is 5. The molecule has 0 aliphatic rings. The van der Waals surface area contributed by atoms with Crippen molar-refractivity contribution in [1.82, 2.24) is 19.8 Å². The first kappa shape index (κ1) is 16.9. The van der Waals surface area contributed by atoms with Gasteiger partial charge in [0.2, 0.25) is 0 Å². The molecule has 0 radical (unpaired) electrons. The zero-order valence-corrected chi connectivity index (χ0v) is 14.7. The van der Waals surface area contributed by atoms with Crippen molar-refractivity contribution in [3.63, 3.8) is 0 Å². The largest absolute Gasteiger partial charge is 0.320 e. The van der Waals surface area contributed by atoms with E-state index in [2.05, 4.69) is 20.6 Å². The molecule has 0 saturated heterocycles. The van der Waals surface area contributed by atoms with Crippen molar-refractivity contribution < 1.29 is 9.59 Å². The molecule has 0 unspecified atom stereocenters. The number of benzene rings is 2. The second-order valence-electron chi connectivity index (χ2n) is 5.89. The Bertz CT molecular complexity index is 1270. The summed E-state index contributed by atoms with van der Waals surface area (Å²) in [5, 5.41) is 10.1. The Hall–Kier alpha value is -3.52. The van der Waals surface area contributed by atoms with Gasteiger partial charge in [-0.05, 0) is 49.4 Å². The minimum atomic E-state index is -0.537. The lowest BCUT2D eigenvalue weighted by molar-refractivity contribution is 0.101. The molecule has 0 aliphatic heterocycles. The Balaban J connectivity index is 1.74. The Morgan fingerprint density at radius 3 is 2.59 bits per heavy atom. The third-order valence-electron chi connectivity index (χ3n) is 4.09. The van der Waals surface area contributed by atoms with Gasteiger partial charge in [0.15, 0.2) is 17.1 Å². The van der Waals surface area contributed by atoms with Gasteiger partial charge in [0.1, 0.15) is 0 Å². The summed E-state index contributed by atoms with van der Waals surface area (Å²) in [5.41, 5.74) is 1.10. The van der Waals surface area contributed by atoms with Crippen LogP contribution in [0, 0.1) is 0 Å². The Kier molecular flexibility index (Phi) is 3.97. The minimum absolute atomic E-state index is 0.0282. The van der Waals surface area contributed by atoms with E-state index in [1.807, 2.05) is 0 Å². The van der Waals surface area contributed by atoms with E-state index in [1.165, 1.54) is 17.5 Å². The van der Waals surface area contributed by atoms with E-state index in [4.69, 9.17) is 11.6 Å². The average molecular weight is 382 g/mol. The molecule has 0 aliphatic carbocycles. The lowest BCUT2D eigenvalue weighted by Crippen LogP contribution is -2.16. The van der Waals surface area contributed by atoms with Crippen LogP contribution < -0.4 is 10.9 Å². The topological polar surface area (TPSA) is 109 Å². The van der Waals surface area contributed by atoms with Crippen LogP contribution in [0.4, 0.5) is 5.69 Å². The van der Waals surface area contributed by atoms with E-state index in [9.17, 15) is 14.4 Å². The van der Waals surface area contributed by atoms with Crippen molar-refractivity contribution in [2.75, 3.05) is 5.32 Å². The number of halogens is 1. The molecule has 0 saturated carbocycles. The van der Waals surface area contributed by atoms with Crippen LogP contribution in [0.5, 0.6) is 0 Å². The van der Waals surface area contributed by atoms with Crippen LogP contribution in [0.15, 0.2) is 47.3 Å². The van der Waals surface area contributed by atoms with Gasteiger partial charge in [-0.15, -0.1) is 5.10 Å². The van der Waals surface area contributed by atoms with Crippen LogP contribution in [0.1, 0.15) is 27.8 Å². The fraction of sp³-hybridized carbons (Fsp3) is 0.0556. The lowest BCUT2D eigenvalue weighted by Gasteiger charge is -2.04. The molecule has 134 valence electrons. The minimum Gasteiger partial charge on any atom is -0.320 e. The summed E-state index contributed by atoms with van der Waals surface area (Å²) in [4.78, 5) is 40.1. The first-order valence-corrected chi connectivity index (χ1v) is 8.30. The number of carbonyl (C=O) groups is 2. The standard InChI is InChI=1S/C18H12ClN5O3/c1-9(25)10-2-5-12(6-3-10)20-18(27)15-16-21-17(26)13-8-11(19)4-7-14(13)24(16)23-22-15/h2-8,23H,1H3,(H,20,27). The molecule has 1 amide bonds. The fourth-order valence-electron chi connectivity index (χ4n) is 2.74. The maximum absolute atomic E-state index is 12.6. The number of rotatable bonds is 3. The number of nitrogens with one attached hydrogen (secondary N) is 2. The quantitative estimate of drug-likeness (QED) is 0.530. The number of carbonyl (C=O) groups excluding carboxylic acids is 2. The van der Waals surface area contributed by atoms with Gasteiger partial charge in [-0.3, -0.25) is 14.4 Å². The third-order valence-corrected chi connectivity index (χ3v) is 4.32. The number of H-pyrrole nitrogens is 1. The summed E-state index contributed by atoms with van der Waals surface area (Å²) in [6, 6.07) is 11.2. The van der Waals surface area contributed by atoms with Gasteiger partial charge in [0, 0.05) is 16.3 Å². The zero-order chi connectivity index (χ0) is 19.1. The monoisotopic (exact) mass is 381 g/mol. The molecule has 27 heavy (non-hydrogen) atoms. The van der Waals surface area contributed by atoms with Crippen molar-refractivity contribution in [2.45, 2.75) is 6.92 Å². The van der Waals surface area contributed by atoms with Gasteiger partial charge in [0.05, 0.1) is 10.9 Å². The second-order valence-corrected chi connectivity index (χ2v) is 6.32. The number of fused-ring (bicyclic) bond motifs is 3. The Morgan fingerprint density at radius 1 is 1.15 bits per heavy atom. The molecule has 9 heteroatoms. The first-order valence-electron chi connectivity index (χ1n) is 7.93. The molecule has 0 spiro atoms. The number of hydrogen-bond donors (Lipinski definition) is 2. The van der Waals surface area contributed by atoms with Crippen LogP contribution in [0.3, 0.4) is 0 Å². The van der Waals surface area contributed by atoms with Crippen LogP contribution in [0.2, 0.25) is 5.02 Å². The van der Waals surface area contributed by atoms with E-state index in [1.54, 1.807) is 36.4 Å². The molecule has 2 aromatic heterocycles. The third kappa shape index (κ3) is 2.96.